The van der Waals surface area contributed by atoms with Crippen LogP contribution in [0, 0.1) is 5.92 Å². The number of carbonyl (C=O) groups is 2. The quantitative estimate of drug-likeness (QED) is 0.736. The lowest BCUT2D eigenvalue weighted by Gasteiger charge is -2.22. The van der Waals surface area contributed by atoms with E-state index in [0.29, 0.717) is 17.9 Å². The number of hydrogen-bond acceptors (Lipinski definition) is 3. The van der Waals surface area contributed by atoms with E-state index in [4.69, 9.17) is 0 Å². The highest BCUT2D eigenvalue weighted by molar-refractivity contribution is 5.95. The second-order valence-electron chi connectivity index (χ2n) is 6.49. The normalized spacial score (nSPS) is 14.8. The van der Waals surface area contributed by atoms with Crippen molar-refractivity contribution >= 4 is 29.9 Å². The Morgan fingerprint density at radius 2 is 1.79 bits per heavy atom. The van der Waals surface area contributed by atoms with Crippen molar-refractivity contribution in [1.82, 2.24) is 10.6 Å². The number of nitrogens with one attached hydrogen (secondary N) is 3. The molecule has 1 aromatic carbocycles. The maximum absolute atomic E-state index is 12.0. The monoisotopic (exact) mass is 353 g/mol. The van der Waals surface area contributed by atoms with Gasteiger partial charge in [0.2, 0.25) is 5.91 Å². The summed E-state index contributed by atoms with van der Waals surface area (Å²) in [4.78, 5) is 23.9. The van der Waals surface area contributed by atoms with E-state index in [1.165, 1.54) is 0 Å². The lowest BCUT2D eigenvalue weighted by molar-refractivity contribution is -0.116. The summed E-state index contributed by atoms with van der Waals surface area (Å²) < 4.78 is 0. The van der Waals surface area contributed by atoms with Crippen molar-refractivity contribution in [1.29, 1.82) is 0 Å². The van der Waals surface area contributed by atoms with Crippen LogP contribution in [-0.2, 0) is 4.79 Å². The molecule has 1 aliphatic rings. The Hall–Kier alpha value is -1.59. The van der Waals surface area contributed by atoms with Gasteiger partial charge >= 0.3 is 0 Å². The number of piperidine rings is 1. The molecule has 0 unspecified atom stereocenters. The maximum Gasteiger partial charge on any atom is 0.251 e. The molecular formula is C18H28ClN3O2. The van der Waals surface area contributed by atoms with Gasteiger partial charge in [0.1, 0.15) is 0 Å². The molecule has 0 aliphatic carbocycles. The van der Waals surface area contributed by atoms with E-state index >= 15 is 0 Å². The highest BCUT2D eigenvalue weighted by Crippen LogP contribution is 2.18. The van der Waals surface area contributed by atoms with Gasteiger partial charge in [-0.05, 0) is 76.4 Å². The summed E-state index contributed by atoms with van der Waals surface area (Å²) in [6.07, 6.45) is 3.82. The van der Waals surface area contributed by atoms with Crippen molar-refractivity contribution in [3.05, 3.63) is 29.8 Å². The smallest absolute Gasteiger partial charge is 0.251 e. The Balaban J connectivity index is 0.00000288. The molecule has 1 heterocycles. The first kappa shape index (κ1) is 20.5. The molecule has 3 N–H and O–H groups in total. The van der Waals surface area contributed by atoms with Crippen LogP contribution < -0.4 is 16.0 Å². The highest BCUT2D eigenvalue weighted by atomic mass is 35.5. The van der Waals surface area contributed by atoms with E-state index in [2.05, 4.69) is 16.0 Å². The fourth-order valence-corrected chi connectivity index (χ4v) is 2.78. The van der Waals surface area contributed by atoms with Gasteiger partial charge in [-0.3, -0.25) is 9.59 Å². The average molecular weight is 354 g/mol. The molecule has 0 atom stereocenters. The SMILES string of the molecule is CC(C)NC(=O)c1ccc(NC(=O)CCC2CCNCC2)cc1.Cl. The molecule has 0 spiro atoms. The van der Waals surface area contributed by atoms with Crippen LogP contribution in [0.25, 0.3) is 0 Å². The largest absolute Gasteiger partial charge is 0.350 e. The molecule has 1 aromatic rings. The molecule has 24 heavy (non-hydrogen) atoms. The van der Waals surface area contributed by atoms with Crippen LogP contribution in [0.4, 0.5) is 5.69 Å². The van der Waals surface area contributed by atoms with Gasteiger partial charge in [-0.1, -0.05) is 0 Å². The molecule has 1 aliphatic heterocycles. The van der Waals surface area contributed by atoms with Crippen LogP contribution in [-0.4, -0.2) is 30.9 Å². The summed E-state index contributed by atoms with van der Waals surface area (Å²) in [5, 5.41) is 9.08. The van der Waals surface area contributed by atoms with E-state index in [1.807, 2.05) is 13.8 Å². The molecule has 0 aromatic heterocycles. The van der Waals surface area contributed by atoms with Gasteiger partial charge in [-0.25, -0.2) is 0 Å². The Kier molecular flexibility index (Phi) is 8.79. The van der Waals surface area contributed by atoms with Crippen LogP contribution in [0.15, 0.2) is 24.3 Å². The third-order valence-corrected chi connectivity index (χ3v) is 4.09. The van der Waals surface area contributed by atoms with Crippen LogP contribution in [0.5, 0.6) is 0 Å². The Labute approximate surface area is 150 Å². The zero-order valence-electron chi connectivity index (χ0n) is 14.4. The van der Waals surface area contributed by atoms with Crippen molar-refractivity contribution in [3.63, 3.8) is 0 Å². The number of amides is 2. The third kappa shape index (κ3) is 6.89. The lowest BCUT2D eigenvalue weighted by atomic mass is 9.93. The predicted octanol–water partition coefficient (Wildman–Crippen LogP) is 2.96. The number of hydrogen-bond donors (Lipinski definition) is 3. The van der Waals surface area contributed by atoms with E-state index in [1.54, 1.807) is 24.3 Å². The summed E-state index contributed by atoms with van der Waals surface area (Å²) in [5.74, 6) is 0.607. The highest BCUT2D eigenvalue weighted by Gasteiger charge is 2.14. The van der Waals surface area contributed by atoms with E-state index in [0.717, 1.165) is 38.0 Å². The molecule has 0 bridgehead atoms. The number of anilines is 1. The number of carbonyl (C=O) groups excluding carboxylic acids is 2. The first-order valence-electron chi connectivity index (χ1n) is 8.46. The minimum absolute atomic E-state index is 0. The Morgan fingerprint density at radius 3 is 2.38 bits per heavy atom. The topological polar surface area (TPSA) is 70.2 Å². The molecule has 134 valence electrons. The van der Waals surface area contributed by atoms with Crippen LogP contribution in [0.2, 0.25) is 0 Å². The van der Waals surface area contributed by atoms with E-state index < -0.39 is 0 Å². The molecule has 1 saturated heterocycles. The van der Waals surface area contributed by atoms with Crippen molar-refractivity contribution < 1.29 is 9.59 Å². The van der Waals surface area contributed by atoms with Crippen molar-refractivity contribution in [3.8, 4) is 0 Å². The molecule has 2 amide bonds. The average Bonchev–Trinajstić information content (AvgIpc) is 2.54. The Bertz CT molecular complexity index is 526. The second kappa shape index (κ2) is 10.3. The number of halogens is 1. The predicted molar refractivity (Wildman–Crippen MR) is 99.7 cm³/mol. The van der Waals surface area contributed by atoms with Gasteiger partial charge in [0, 0.05) is 23.7 Å². The molecule has 2 rings (SSSR count). The summed E-state index contributed by atoms with van der Waals surface area (Å²) in [5.41, 5.74) is 1.34. The van der Waals surface area contributed by atoms with Crippen LogP contribution >= 0.6 is 12.4 Å². The van der Waals surface area contributed by atoms with Crippen molar-refractivity contribution in [2.75, 3.05) is 18.4 Å². The van der Waals surface area contributed by atoms with Crippen molar-refractivity contribution in [2.24, 2.45) is 5.92 Å². The van der Waals surface area contributed by atoms with E-state index in [9.17, 15) is 9.59 Å². The molecule has 5 nitrogen and oxygen atoms in total. The summed E-state index contributed by atoms with van der Waals surface area (Å²) in [6, 6.07) is 7.13. The van der Waals surface area contributed by atoms with Gasteiger partial charge in [-0.15, -0.1) is 12.4 Å². The molecule has 1 fully saturated rings. The summed E-state index contributed by atoms with van der Waals surface area (Å²) in [7, 11) is 0. The van der Waals surface area contributed by atoms with Gasteiger partial charge in [0.25, 0.3) is 5.91 Å². The number of rotatable bonds is 6. The van der Waals surface area contributed by atoms with E-state index in [-0.39, 0.29) is 30.3 Å². The lowest BCUT2D eigenvalue weighted by Crippen LogP contribution is -2.30. The van der Waals surface area contributed by atoms with Gasteiger partial charge in [-0.2, -0.15) is 0 Å². The molecule has 0 radical (unpaired) electrons. The minimum atomic E-state index is -0.0937. The van der Waals surface area contributed by atoms with Crippen molar-refractivity contribution in [2.45, 2.75) is 45.6 Å². The fraction of sp³-hybridized carbons (Fsp3) is 0.556. The van der Waals surface area contributed by atoms with Crippen LogP contribution in [0.1, 0.15) is 49.9 Å². The Morgan fingerprint density at radius 1 is 1.17 bits per heavy atom. The third-order valence-electron chi connectivity index (χ3n) is 4.09. The molecular weight excluding hydrogens is 326 g/mol. The zero-order chi connectivity index (χ0) is 16.7. The summed E-state index contributed by atoms with van der Waals surface area (Å²) >= 11 is 0. The molecule has 0 saturated carbocycles. The first-order valence-corrected chi connectivity index (χ1v) is 8.46. The van der Waals surface area contributed by atoms with Gasteiger partial charge < -0.3 is 16.0 Å². The maximum atomic E-state index is 12.0. The first-order chi connectivity index (χ1) is 11.0. The second-order valence-corrected chi connectivity index (χ2v) is 6.49. The fourth-order valence-electron chi connectivity index (χ4n) is 2.78. The number of benzene rings is 1. The minimum Gasteiger partial charge on any atom is -0.350 e. The standard InChI is InChI=1S/C18H27N3O2.ClH/c1-13(2)20-18(23)15-4-6-16(7-5-15)21-17(22)8-3-14-9-11-19-12-10-14;/h4-7,13-14,19H,3,8-12H2,1-2H3,(H,20,23)(H,21,22);1H. The van der Waals surface area contributed by atoms with Gasteiger partial charge in [0.15, 0.2) is 0 Å². The van der Waals surface area contributed by atoms with Crippen LogP contribution in [0.3, 0.4) is 0 Å². The molecule has 6 heteroatoms. The zero-order valence-corrected chi connectivity index (χ0v) is 15.2. The summed E-state index contributed by atoms with van der Waals surface area (Å²) in [6.45, 7) is 5.97. The van der Waals surface area contributed by atoms with Gasteiger partial charge in [0.05, 0.1) is 0 Å².